The quantitative estimate of drug-likeness (QED) is 0.882. The third kappa shape index (κ3) is 2.61. The molecule has 0 aliphatic carbocycles. The van der Waals surface area contributed by atoms with Crippen molar-refractivity contribution in [3.63, 3.8) is 0 Å². The van der Waals surface area contributed by atoms with Gasteiger partial charge < -0.3 is 10.2 Å². The Labute approximate surface area is 118 Å². The third-order valence-electron chi connectivity index (χ3n) is 4.11. The molecule has 2 nitrogen and oxygen atoms in total. The number of nitrogens with one attached hydrogen (secondary N) is 1. The van der Waals surface area contributed by atoms with E-state index in [0.717, 1.165) is 16.8 Å². The maximum Gasteiger partial charge on any atom is 0.0652 e. The van der Waals surface area contributed by atoms with E-state index >= 15 is 0 Å². The van der Waals surface area contributed by atoms with Crippen LogP contribution in [0.3, 0.4) is 0 Å². The Morgan fingerprint density at radius 3 is 2.89 bits per heavy atom. The van der Waals surface area contributed by atoms with Gasteiger partial charge in [-0.25, -0.2) is 0 Å². The van der Waals surface area contributed by atoms with Gasteiger partial charge in [-0.15, -0.1) is 0 Å². The van der Waals surface area contributed by atoms with E-state index in [4.69, 9.17) is 23.2 Å². The Balaban J connectivity index is 1.66. The molecule has 0 amide bonds. The van der Waals surface area contributed by atoms with Gasteiger partial charge in [0.25, 0.3) is 0 Å². The van der Waals surface area contributed by atoms with Crippen LogP contribution in [0.4, 0.5) is 5.69 Å². The maximum atomic E-state index is 6.20. The van der Waals surface area contributed by atoms with Crippen LogP contribution in [-0.2, 0) is 0 Å². The molecule has 2 aliphatic heterocycles. The molecule has 1 aromatic rings. The molecule has 2 saturated heterocycles. The average Bonchev–Trinajstić information content (AvgIpc) is 2.80. The van der Waals surface area contributed by atoms with E-state index < -0.39 is 0 Å². The van der Waals surface area contributed by atoms with Crippen LogP contribution in [0.1, 0.15) is 25.7 Å². The van der Waals surface area contributed by atoms with E-state index in [2.05, 4.69) is 10.2 Å². The fourth-order valence-electron chi connectivity index (χ4n) is 3.18. The highest BCUT2D eigenvalue weighted by atomic mass is 35.5. The number of hydrogen-bond donors (Lipinski definition) is 1. The highest BCUT2D eigenvalue weighted by Crippen LogP contribution is 2.31. The molecule has 1 aromatic carbocycles. The highest BCUT2D eigenvalue weighted by Gasteiger charge is 2.31. The summed E-state index contributed by atoms with van der Waals surface area (Å²) in [6, 6.07) is 6.99. The van der Waals surface area contributed by atoms with Crippen molar-refractivity contribution in [2.45, 2.75) is 37.8 Å². The van der Waals surface area contributed by atoms with Crippen molar-refractivity contribution in [2.75, 3.05) is 18.4 Å². The number of anilines is 1. The number of benzene rings is 1. The molecule has 2 heterocycles. The molecule has 98 valence electrons. The fourth-order valence-corrected chi connectivity index (χ4v) is 3.64. The minimum absolute atomic E-state index is 0.544. The molecule has 2 aliphatic rings. The highest BCUT2D eigenvalue weighted by molar-refractivity contribution is 6.36. The smallest absolute Gasteiger partial charge is 0.0652 e. The van der Waals surface area contributed by atoms with Gasteiger partial charge >= 0.3 is 0 Å². The van der Waals surface area contributed by atoms with Gasteiger partial charge in [0, 0.05) is 23.7 Å². The lowest BCUT2D eigenvalue weighted by molar-refractivity contribution is 0.188. The molecule has 4 heteroatoms. The van der Waals surface area contributed by atoms with E-state index in [1.165, 1.54) is 38.8 Å². The molecule has 2 fully saturated rings. The summed E-state index contributed by atoms with van der Waals surface area (Å²) in [6.45, 7) is 2.51. The maximum absolute atomic E-state index is 6.20. The molecule has 0 radical (unpaired) electrons. The van der Waals surface area contributed by atoms with Crippen molar-refractivity contribution < 1.29 is 0 Å². The van der Waals surface area contributed by atoms with Crippen LogP contribution in [0.25, 0.3) is 0 Å². The summed E-state index contributed by atoms with van der Waals surface area (Å²) in [5.41, 5.74) is 1.01. The molecule has 0 spiro atoms. The van der Waals surface area contributed by atoms with Gasteiger partial charge in [-0.2, -0.15) is 0 Å². The Bertz CT molecular complexity index is 436. The van der Waals surface area contributed by atoms with E-state index in [-0.39, 0.29) is 0 Å². The van der Waals surface area contributed by atoms with Crippen LogP contribution in [0.5, 0.6) is 0 Å². The predicted octanol–water partition coefficient (Wildman–Crippen LogP) is 4.03. The number of halogens is 2. The van der Waals surface area contributed by atoms with Gasteiger partial charge in [0.2, 0.25) is 0 Å². The molecule has 1 N–H and O–H groups in total. The van der Waals surface area contributed by atoms with Gasteiger partial charge in [-0.05, 0) is 50.4 Å². The fraction of sp³-hybridized carbons (Fsp3) is 0.571. The molecule has 0 bridgehead atoms. The number of fused-ring (bicyclic) bond motifs is 1. The summed E-state index contributed by atoms with van der Waals surface area (Å²) in [4.78, 5) is 2.63. The lowest BCUT2D eigenvalue weighted by Crippen LogP contribution is -2.42. The molecule has 0 saturated carbocycles. The van der Waals surface area contributed by atoms with E-state index in [1.807, 2.05) is 12.1 Å². The molecule has 18 heavy (non-hydrogen) atoms. The third-order valence-corrected chi connectivity index (χ3v) is 4.66. The first-order chi connectivity index (χ1) is 8.72. The Morgan fingerprint density at radius 2 is 2.06 bits per heavy atom. The average molecular weight is 285 g/mol. The Kier molecular flexibility index (Phi) is 3.69. The van der Waals surface area contributed by atoms with Crippen LogP contribution < -0.4 is 5.32 Å². The second-order valence-corrected chi connectivity index (χ2v) is 6.17. The zero-order valence-corrected chi connectivity index (χ0v) is 11.8. The molecular formula is C14H18Cl2N2. The summed E-state index contributed by atoms with van der Waals surface area (Å²) in [7, 11) is 0. The number of piperidine rings is 1. The zero-order valence-electron chi connectivity index (χ0n) is 10.3. The largest absolute Gasteiger partial charge is 0.381 e. The van der Waals surface area contributed by atoms with Crippen molar-refractivity contribution in [3.05, 3.63) is 28.2 Å². The number of nitrogens with zero attached hydrogens (tertiary/aromatic N) is 1. The summed E-state index contributed by atoms with van der Waals surface area (Å²) >= 11 is 12.1. The van der Waals surface area contributed by atoms with Crippen LogP contribution in [-0.4, -0.2) is 30.1 Å². The standard InChI is InChI=1S/C14H18Cl2N2/c15-10-3-4-14(13(16)8-10)17-11-5-7-18-6-1-2-12(18)9-11/h3-4,8,11-12,17H,1-2,5-7,9H2. The summed E-state index contributed by atoms with van der Waals surface area (Å²) in [5, 5.41) is 4.98. The molecular weight excluding hydrogens is 267 g/mol. The predicted molar refractivity (Wildman–Crippen MR) is 77.7 cm³/mol. The molecule has 0 aromatic heterocycles. The van der Waals surface area contributed by atoms with Crippen molar-refractivity contribution in [1.29, 1.82) is 0 Å². The molecule has 2 atom stereocenters. The lowest BCUT2D eigenvalue weighted by Gasteiger charge is -2.35. The van der Waals surface area contributed by atoms with Gasteiger partial charge in [0.05, 0.1) is 10.7 Å². The van der Waals surface area contributed by atoms with Crippen LogP contribution in [0.2, 0.25) is 10.0 Å². The number of hydrogen-bond acceptors (Lipinski definition) is 2. The van der Waals surface area contributed by atoms with Crippen LogP contribution >= 0.6 is 23.2 Å². The van der Waals surface area contributed by atoms with Crippen molar-refractivity contribution in [1.82, 2.24) is 4.90 Å². The van der Waals surface area contributed by atoms with Crippen molar-refractivity contribution in [2.24, 2.45) is 0 Å². The SMILES string of the molecule is Clc1ccc(NC2CCN3CCCC3C2)c(Cl)c1. The van der Waals surface area contributed by atoms with Gasteiger partial charge in [0.15, 0.2) is 0 Å². The summed E-state index contributed by atoms with van der Waals surface area (Å²) in [6.07, 6.45) is 5.15. The van der Waals surface area contributed by atoms with Crippen molar-refractivity contribution in [3.8, 4) is 0 Å². The summed E-state index contributed by atoms with van der Waals surface area (Å²) < 4.78 is 0. The van der Waals surface area contributed by atoms with Gasteiger partial charge in [0.1, 0.15) is 0 Å². The summed E-state index contributed by atoms with van der Waals surface area (Å²) in [5.74, 6) is 0. The van der Waals surface area contributed by atoms with Crippen molar-refractivity contribution >= 4 is 28.9 Å². The first kappa shape index (κ1) is 12.6. The van der Waals surface area contributed by atoms with E-state index in [0.29, 0.717) is 11.1 Å². The van der Waals surface area contributed by atoms with E-state index in [1.54, 1.807) is 6.07 Å². The zero-order chi connectivity index (χ0) is 12.5. The monoisotopic (exact) mass is 284 g/mol. The minimum Gasteiger partial charge on any atom is -0.381 e. The second kappa shape index (κ2) is 5.28. The minimum atomic E-state index is 0.544. The molecule has 2 unspecified atom stereocenters. The first-order valence-corrected chi connectivity index (χ1v) is 7.43. The Hall–Kier alpha value is -0.440. The first-order valence-electron chi connectivity index (χ1n) is 6.68. The second-order valence-electron chi connectivity index (χ2n) is 5.32. The normalized spacial score (nSPS) is 28.1. The van der Waals surface area contributed by atoms with E-state index in [9.17, 15) is 0 Å². The van der Waals surface area contributed by atoms with Crippen LogP contribution in [0, 0.1) is 0 Å². The number of rotatable bonds is 2. The van der Waals surface area contributed by atoms with Gasteiger partial charge in [-0.1, -0.05) is 23.2 Å². The van der Waals surface area contributed by atoms with Gasteiger partial charge in [-0.3, -0.25) is 0 Å². The Morgan fingerprint density at radius 1 is 1.17 bits per heavy atom. The van der Waals surface area contributed by atoms with Crippen LogP contribution in [0.15, 0.2) is 18.2 Å². The lowest BCUT2D eigenvalue weighted by atomic mass is 9.97. The topological polar surface area (TPSA) is 15.3 Å². The molecule has 3 rings (SSSR count).